The van der Waals surface area contributed by atoms with Crippen molar-refractivity contribution in [3.05, 3.63) is 0 Å². The predicted molar refractivity (Wildman–Crippen MR) is 71.8 cm³/mol. The monoisotopic (exact) mass is 238 g/mol. The molecule has 0 aliphatic rings. The molecular weight excluding hydrogens is 220 g/mol. The highest BCUT2D eigenvalue weighted by Gasteiger charge is 1.90. The first-order valence-electron chi connectivity index (χ1n) is 3.76. The second-order valence-electron chi connectivity index (χ2n) is 2.78. The van der Waals surface area contributed by atoms with Crippen LogP contribution >= 0.6 is 36.2 Å². The van der Waals surface area contributed by atoms with Crippen LogP contribution in [0.5, 0.6) is 0 Å². The van der Waals surface area contributed by atoms with Crippen molar-refractivity contribution in [2.45, 2.75) is 6.92 Å². The van der Waals surface area contributed by atoms with Gasteiger partial charge in [0.15, 0.2) is 0 Å². The molecule has 0 heterocycles. The summed E-state index contributed by atoms with van der Waals surface area (Å²) >= 11 is 11.2. The highest BCUT2D eigenvalue weighted by Crippen LogP contribution is 1.98. The minimum Gasteiger partial charge on any atom is -0.373 e. The lowest BCUT2D eigenvalue weighted by molar-refractivity contribution is 0.632. The van der Waals surface area contributed by atoms with Crippen molar-refractivity contribution in [1.82, 2.24) is 9.80 Å². The van der Waals surface area contributed by atoms with Crippen LogP contribution in [-0.4, -0.2) is 53.6 Å². The lowest BCUT2D eigenvalue weighted by Gasteiger charge is -2.08. The lowest BCUT2D eigenvalue weighted by Crippen LogP contribution is -2.15. The highest BCUT2D eigenvalue weighted by atomic mass is 32.2. The van der Waals surface area contributed by atoms with Crippen LogP contribution in [-0.2, 0) is 0 Å². The molecule has 2 nitrogen and oxygen atoms in total. The maximum absolute atomic E-state index is 4.87. The molecule has 0 spiro atoms. The first-order chi connectivity index (χ1) is 5.82. The molecule has 0 saturated heterocycles. The molecule has 0 N–H and O–H groups in total. The SMILES string of the molecule is CC(=S)N(C)C.CSC(=S)N(C)C. The van der Waals surface area contributed by atoms with Crippen molar-refractivity contribution in [2.75, 3.05) is 34.4 Å². The van der Waals surface area contributed by atoms with Gasteiger partial charge in [0.1, 0.15) is 4.32 Å². The predicted octanol–water partition coefficient (Wildman–Crippen LogP) is 2.09. The molecule has 13 heavy (non-hydrogen) atoms. The number of nitrogens with zero attached hydrogens (tertiary/aromatic N) is 2. The Morgan fingerprint density at radius 3 is 1.31 bits per heavy atom. The van der Waals surface area contributed by atoms with Crippen LogP contribution < -0.4 is 0 Å². The molecule has 0 aliphatic heterocycles. The first kappa shape index (κ1) is 15.6. The van der Waals surface area contributed by atoms with Crippen molar-refractivity contribution in [3.63, 3.8) is 0 Å². The topological polar surface area (TPSA) is 6.48 Å². The van der Waals surface area contributed by atoms with Gasteiger partial charge in [-0.25, -0.2) is 0 Å². The van der Waals surface area contributed by atoms with E-state index in [4.69, 9.17) is 24.4 Å². The van der Waals surface area contributed by atoms with E-state index in [1.165, 1.54) is 0 Å². The van der Waals surface area contributed by atoms with E-state index in [0.717, 1.165) is 9.31 Å². The van der Waals surface area contributed by atoms with E-state index in [-0.39, 0.29) is 0 Å². The highest BCUT2D eigenvalue weighted by molar-refractivity contribution is 8.22. The maximum Gasteiger partial charge on any atom is 0.135 e. The van der Waals surface area contributed by atoms with Gasteiger partial charge in [-0.05, 0) is 13.2 Å². The number of thiocarbonyl (C=S) groups is 2. The molecule has 0 saturated carbocycles. The zero-order valence-electron chi connectivity index (χ0n) is 9.12. The fourth-order valence-electron chi connectivity index (χ4n) is 0.183. The van der Waals surface area contributed by atoms with E-state index in [2.05, 4.69) is 0 Å². The third-order valence-electron chi connectivity index (χ3n) is 1.17. The average Bonchev–Trinajstić information content (AvgIpc) is 2.03. The van der Waals surface area contributed by atoms with Crippen LogP contribution in [0.2, 0.25) is 0 Å². The van der Waals surface area contributed by atoms with E-state index < -0.39 is 0 Å². The molecule has 0 aromatic carbocycles. The number of rotatable bonds is 0. The molecule has 0 bridgehead atoms. The molecule has 0 unspecified atom stereocenters. The molecule has 0 aromatic rings. The van der Waals surface area contributed by atoms with Crippen LogP contribution in [0.1, 0.15) is 6.92 Å². The zero-order chi connectivity index (χ0) is 11.0. The Morgan fingerprint density at radius 2 is 1.31 bits per heavy atom. The van der Waals surface area contributed by atoms with Crippen molar-refractivity contribution in [3.8, 4) is 0 Å². The largest absolute Gasteiger partial charge is 0.373 e. The van der Waals surface area contributed by atoms with Gasteiger partial charge in [0, 0.05) is 28.2 Å². The maximum atomic E-state index is 4.87. The van der Waals surface area contributed by atoms with Crippen molar-refractivity contribution in [1.29, 1.82) is 0 Å². The Hall–Kier alpha value is 0.130. The van der Waals surface area contributed by atoms with Gasteiger partial charge in [-0.1, -0.05) is 24.4 Å². The Labute approximate surface area is 96.7 Å². The summed E-state index contributed by atoms with van der Waals surface area (Å²) in [4.78, 5) is 4.74. The summed E-state index contributed by atoms with van der Waals surface area (Å²) in [5, 5.41) is 0. The van der Waals surface area contributed by atoms with Crippen LogP contribution in [0.4, 0.5) is 0 Å². The quantitative estimate of drug-likeness (QED) is 0.594. The van der Waals surface area contributed by atoms with Gasteiger partial charge in [-0.15, -0.1) is 11.8 Å². The summed E-state index contributed by atoms with van der Waals surface area (Å²) in [6, 6.07) is 0. The van der Waals surface area contributed by atoms with E-state index in [0.29, 0.717) is 0 Å². The minimum absolute atomic E-state index is 0.926. The van der Waals surface area contributed by atoms with Crippen LogP contribution in [0, 0.1) is 0 Å². The third-order valence-corrected chi connectivity index (χ3v) is 3.11. The van der Waals surface area contributed by atoms with Gasteiger partial charge in [-0.3, -0.25) is 0 Å². The van der Waals surface area contributed by atoms with Gasteiger partial charge >= 0.3 is 0 Å². The number of thioether (sulfide) groups is 1. The van der Waals surface area contributed by atoms with E-state index in [9.17, 15) is 0 Å². The van der Waals surface area contributed by atoms with E-state index in [1.54, 1.807) is 11.8 Å². The average molecular weight is 238 g/mol. The standard InChI is InChI=1S/C4H9NS2.C4H9NS/c1-5(2)4(6)7-3;1-4(6)5(2)3/h1-3H3;1-3H3. The van der Waals surface area contributed by atoms with Crippen LogP contribution in [0.25, 0.3) is 0 Å². The molecule has 0 aromatic heterocycles. The molecular formula is C8H18N2S3. The molecule has 0 radical (unpaired) electrons. The lowest BCUT2D eigenvalue weighted by atomic mass is 10.7. The molecule has 0 rings (SSSR count). The van der Waals surface area contributed by atoms with Gasteiger partial charge in [-0.2, -0.15) is 0 Å². The molecule has 78 valence electrons. The third kappa shape index (κ3) is 12.1. The zero-order valence-corrected chi connectivity index (χ0v) is 11.6. The summed E-state index contributed by atoms with van der Waals surface area (Å²) in [5.41, 5.74) is 0. The Morgan fingerprint density at radius 1 is 1.00 bits per heavy atom. The van der Waals surface area contributed by atoms with E-state index in [1.807, 2.05) is 51.2 Å². The van der Waals surface area contributed by atoms with Crippen molar-refractivity contribution >= 4 is 45.5 Å². The van der Waals surface area contributed by atoms with Crippen molar-refractivity contribution in [2.24, 2.45) is 0 Å². The Kier molecular flexibility index (Phi) is 10.5. The molecule has 0 fully saturated rings. The fourth-order valence-corrected chi connectivity index (χ4v) is 0.548. The Bertz CT molecular complexity index is 167. The second kappa shape index (κ2) is 8.72. The van der Waals surface area contributed by atoms with Crippen molar-refractivity contribution < 1.29 is 0 Å². The first-order valence-corrected chi connectivity index (χ1v) is 5.80. The number of hydrogen-bond acceptors (Lipinski definition) is 3. The Balaban J connectivity index is 0. The smallest absolute Gasteiger partial charge is 0.135 e. The minimum atomic E-state index is 0.926. The van der Waals surface area contributed by atoms with Gasteiger partial charge in [0.25, 0.3) is 0 Å². The normalized spacial score (nSPS) is 8.15. The number of hydrogen-bond donors (Lipinski definition) is 0. The molecule has 5 heteroatoms. The van der Waals surface area contributed by atoms with Crippen LogP contribution in [0.3, 0.4) is 0 Å². The summed E-state index contributed by atoms with van der Waals surface area (Å²) in [5.74, 6) is 0. The van der Waals surface area contributed by atoms with Gasteiger partial charge in [0.05, 0.1) is 4.99 Å². The summed E-state index contributed by atoms with van der Waals surface area (Å²) < 4.78 is 0.931. The summed E-state index contributed by atoms with van der Waals surface area (Å²) in [6.07, 6.45) is 1.97. The summed E-state index contributed by atoms with van der Waals surface area (Å²) in [7, 11) is 7.75. The molecule has 0 amide bonds. The van der Waals surface area contributed by atoms with E-state index >= 15 is 0 Å². The van der Waals surface area contributed by atoms with Gasteiger partial charge in [0.2, 0.25) is 0 Å². The molecule has 0 aliphatic carbocycles. The molecule has 0 atom stereocenters. The fraction of sp³-hybridized carbons (Fsp3) is 0.750. The van der Waals surface area contributed by atoms with Gasteiger partial charge < -0.3 is 9.80 Å². The second-order valence-corrected chi connectivity index (χ2v) is 4.81. The van der Waals surface area contributed by atoms with Crippen LogP contribution in [0.15, 0.2) is 0 Å². The summed E-state index contributed by atoms with van der Waals surface area (Å²) in [6.45, 7) is 1.90.